The Bertz CT molecular complexity index is 919. The van der Waals surface area contributed by atoms with Crippen LogP contribution in [0.2, 0.25) is 0 Å². The lowest BCUT2D eigenvalue weighted by Crippen LogP contribution is -2.22. The van der Waals surface area contributed by atoms with E-state index in [9.17, 15) is 4.79 Å². The number of halogens is 1. The van der Waals surface area contributed by atoms with E-state index in [1.54, 1.807) is 14.2 Å². The summed E-state index contributed by atoms with van der Waals surface area (Å²) in [5.41, 5.74) is 4.99. The zero-order valence-corrected chi connectivity index (χ0v) is 18.4. The van der Waals surface area contributed by atoms with E-state index >= 15 is 0 Å². The minimum absolute atomic E-state index is 0.648. The Morgan fingerprint density at radius 1 is 0.862 bits per heavy atom. The molecular formula is C24H24BrNO3. The van der Waals surface area contributed by atoms with Crippen molar-refractivity contribution in [2.75, 3.05) is 19.1 Å². The van der Waals surface area contributed by atoms with Crippen LogP contribution in [0, 0.1) is 6.92 Å². The van der Waals surface area contributed by atoms with Crippen molar-refractivity contribution in [1.29, 1.82) is 0 Å². The second kappa shape index (κ2) is 9.61. The van der Waals surface area contributed by atoms with Gasteiger partial charge in [-0.1, -0.05) is 24.3 Å². The van der Waals surface area contributed by atoms with E-state index in [4.69, 9.17) is 9.47 Å². The third-order valence-corrected chi connectivity index (χ3v) is 5.91. The Labute approximate surface area is 180 Å². The summed E-state index contributed by atoms with van der Waals surface area (Å²) in [6, 6.07) is 20.1. The van der Waals surface area contributed by atoms with E-state index in [-0.39, 0.29) is 0 Å². The lowest BCUT2D eigenvalue weighted by Gasteiger charge is -2.26. The number of methoxy groups -OCH3 is 2. The number of hydrogen-bond acceptors (Lipinski definition) is 4. The van der Waals surface area contributed by atoms with Crippen LogP contribution in [0.25, 0.3) is 0 Å². The fourth-order valence-corrected chi connectivity index (χ4v) is 3.51. The van der Waals surface area contributed by atoms with Gasteiger partial charge in [0.15, 0.2) is 6.29 Å². The van der Waals surface area contributed by atoms with Gasteiger partial charge in [-0.15, -0.1) is 0 Å². The minimum Gasteiger partial charge on any atom is -0.497 e. The van der Waals surface area contributed by atoms with Gasteiger partial charge >= 0.3 is 0 Å². The predicted octanol–water partition coefficient (Wildman–Crippen LogP) is 5.79. The molecule has 3 aromatic carbocycles. The molecule has 0 aromatic heterocycles. The fourth-order valence-electron chi connectivity index (χ4n) is 3.19. The summed E-state index contributed by atoms with van der Waals surface area (Å²) in [6.45, 7) is 3.41. The van der Waals surface area contributed by atoms with Crippen molar-refractivity contribution < 1.29 is 14.3 Å². The van der Waals surface area contributed by atoms with Crippen LogP contribution >= 0.6 is 15.9 Å². The van der Waals surface area contributed by atoms with Crippen molar-refractivity contribution in [3.63, 3.8) is 0 Å². The summed E-state index contributed by atoms with van der Waals surface area (Å²) in [4.78, 5) is 13.8. The summed E-state index contributed by atoms with van der Waals surface area (Å²) in [5, 5.41) is 0. The number of aryl methyl sites for hydroxylation is 1. The highest BCUT2D eigenvalue weighted by molar-refractivity contribution is 9.10. The molecule has 5 heteroatoms. The highest BCUT2D eigenvalue weighted by Crippen LogP contribution is 2.29. The molecular weight excluding hydrogens is 430 g/mol. The molecule has 0 N–H and O–H groups in total. The van der Waals surface area contributed by atoms with Crippen LogP contribution in [-0.4, -0.2) is 20.5 Å². The van der Waals surface area contributed by atoms with Gasteiger partial charge in [-0.3, -0.25) is 4.79 Å². The molecule has 0 atom stereocenters. The van der Waals surface area contributed by atoms with Gasteiger partial charge in [0.05, 0.1) is 14.2 Å². The average Bonchev–Trinajstić information content (AvgIpc) is 2.76. The van der Waals surface area contributed by atoms with Gasteiger partial charge in [-0.25, -0.2) is 0 Å². The van der Waals surface area contributed by atoms with Crippen molar-refractivity contribution in [2.45, 2.75) is 20.0 Å². The molecule has 0 bridgehead atoms. The van der Waals surface area contributed by atoms with Crippen molar-refractivity contribution in [2.24, 2.45) is 0 Å². The third-order valence-electron chi connectivity index (χ3n) is 4.82. The van der Waals surface area contributed by atoms with E-state index in [1.165, 1.54) is 0 Å². The van der Waals surface area contributed by atoms with Gasteiger partial charge in [0.25, 0.3) is 0 Å². The minimum atomic E-state index is 0.648. The topological polar surface area (TPSA) is 38.8 Å². The Kier molecular flexibility index (Phi) is 6.94. The first-order valence-electron chi connectivity index (χ1n) is 9.30. The van der Waals surface area contributed by atoms with Crippen LogP contribution in [0.1, 0.15) is 27.0 Å². The molecule has 0 amide bonds. The number of rotatable bonds is 8. The molecule has 150 valence electrons. The standard InChI is InChI=1S/C24H24BrNO3/c1-17-12-21(13-20(16-27)24(17)25)26(14-18-4-8-22(28-2)9-5-18)15-19-6-10-23(29-3)11-7-19/h4-13,16H,14-15H2,1-3H3. The normalized spacial score (nSPS) is 10.5. The smallest absolute Gasteiger partial charge is 0.151 e. The lowest BCUT2D eigenvalue weighted by atomic mass is 10.1. The molecule has 3 aromatic rings. The molecule has 29 heavy (non-hydrogen) atoms. The molecule has 0 aliphatic heterocycles. The molecule has 0 saturated heterocycles. The Balaban J connectivity index is 1.95. The average molecular weight is 454 g/mol. The van der Waals surface area contributed by atoms with E-state index in [2.05, 4.69) is 51.2 Å². The van der Waals surface area contributed by atoms with E-state index in [1.807, 2.05) is 37.3 Å². The zero-order chi connectivity index (χ0) is 20.8. The molecule has 0 aliphatic carbocycles. The van der Waals surface area contributed by atoms with E-state index < -0.39 is 0 Å². The number of anilines is 1. The van der Waals surface area contributed by atoms with Gasteiger partial charge in [-0.05, 0) is 75.9 Å². The van der Waals surface area contributed by atoms with Crippen molar-refractivity contribution >= 4 is 27.9 Å². The second-order valence-corrected chi connectivity index (χ2v) is 7.63. The van der Waals surface area contributed by atoms with E-state index in [0.29, 0.717) is 18.7 Å². The van der Waals surface area contributed by atoms with Crippen LogP contribution in [0.15, 0.2) is 65.1 Å². The highest BCUT2D eigenvalue weighted by Gasteiger charge is 2.13. The van der Waals surface area contributed by atoms with Crippen LogP contribution in [0.5, 0.6) is 11.5 Å². The van der Waals surface area contributed by atoms with Crippen LogP contribution < -0.4 is 14.4 Å². The second-order valence-electron chi connectivity index (χ2n) is 6.84. The number of carbonyl (C=O) groups is 1. The number of nitrogens with zero attached hydrogens (tertiary/aromatic N) is 1. The fraction of sp³-hybridized carbons (Fsp3) is 0.208. The molecule has 4 nitrogen and oxygen atoms in total. The SMILES string of the molecule is COc1ccc(CN(Cc2ccc(OC)cc2)c2cc(C)c(Br)c(C=O)c2)cc1. The maximum atomic E-state index is 11.5. The highest BCUT2D eigenvalue weighted by atomic mass is 79.9. The number of hydrogen-bond donors (Lipinski definition) is 0. The van der Waals surface area contributed by atoms with Gasteiger partial charge < -0.3 is 14.4 Å². The number of benzene rings is 3. The van der Waals surface area contributed by atoms with Crippen molar-refractivity contribution in [3.05, 3.63) is 87.4 Å². The predicted molar refractivity (Wildman–Crippen MR) is 120 cm³/mol. The third kappa shape index (κ3) is 5.18. The summed E-state index contributed by atoms with van der Waals surface area (Å²) in [7, 11) is 3.33. The number of aldehydes is 1. The van der Waals surface area contributed by atoms with E-state index in [0.717, 1.165) is 44.6 Å². The Morgan fingerprint density at radius 3 is 1.76 bits per heavy atom. The maximum Gasteiger partial charge on any atom is 0.151 e. The van der Waals surface area contributed by atoms with Crippen LogP contribution in [0.4, 0.5) is 5.69 Å². The Morgan fingerprint density at radius 2 is 1.34 bits per heavy atom. The van der Waals surface area contributed by atoms with Gasteiger partial charge in [-0.2, -0.15) is 0 Å². The first-order chi connectivity index (χ1) is 14.0. The monoisotopic (exact) mass is 453 g/mol. The molecule has 0 aliphatic rings. The number of carbonyl (C=O) groups excluding carboxylic acids is 1. The molecule has 0 spiro atoms. The molecule has 0 saturated carbocycles. The quantitative estimate of drug-likeness (QED) is 0.404. The maximum absolute atomic E-state index is 11.5. The molecule has 0 radical (unpaired) electrons. The first-order valence-corrected chi connectivity index (χ1v) is 10.1. The summed E-state index contributed by atoms with van der Waals surface area (Å²) in [6.07, 6.45) is 0.888. The first kappa shape index (κ1) is 20.9. The van der Waals surface area contributed by atoms with Crippen molar-refractivity contribution in [1.82, 2.24) is 0 Å². The molecule has 0 fully saturated rings. The van der Waals surface area contributed by atoms with Gasteiger partial charge in [0.1, 0.15) is 11.5 Å². The summed E-state index contributed by atoms with van der Waals surface area (Å²) >= 11 is 3.51. The van der Waals surface area contributed by atoms with Gasteiger partial charge in [0, 0.05) is 28.8 Å². The van der Waals surface area contributed by atoms with Crippen molar-refractivity contribution in [3.8, 4) is 11.5 Å². The van der Waals surface area contributed by atoms with Crippen LogP contribution in [0.3, 0.4) is 0 Å². The molecule has 3 rings (SSSR count). The van der Waals surface area contributed by atoms with Gasteiger partial charge in [0.2, 0.25) is 0 Å². The summed E-state index contributed by atoms with van der Waals surface area (Å²) in [5.74, 6) is 1.66. The number of ether oxygens (including phenoxy) is 2. The lowest BCUT2D eigenvalue weighted by molar-refractivity contribution is 0.112. The molecule has 0 heterocycles. The van der Waals surface area contributed by atoms with Crippen LogP contribution in [-0.2, 0) is 13.1 Å². The zero-order valence-electron chi connectivity index (χ0n) is 16.8. The molecule has 0 unspecified atom stereocenters. The summed E-state index contributed by atoms with van der Waals surface area (Å²) < 4.78 is 11.4. The Hall–Kier alpha value is -2.79. The largest absolute Gasteiger partial charge is 0.497 e.